The molecule has 3 N–H and O–H groups in total. The molecule has 0 aromatic rings. The van der Waals surface area contributed by atoms with Crippen LogP contribution in [-0.4, -0.2) is 18.0 Å². The van der Waals surface area contributed by atoms with E-state index in [0.29, 0.717) is 5.96 Å². The first-order chi connectivity index (χ1) is 6.47. The second-order valence-corrected chi connectivity index (χ2v) is 5.23. The second-order valence-electron chi connectivity index (χ2n) is 5.23. The van der Waals surface area contributed by atoms with Gasteiger partial charge < -0.3 is 11.1 Å². The molecule has 1 aliphatic carbocycles. The summed E-state index contributed by atoms with van der Waals surface area (Å²) in [4.78, 5) is 4.31. The van der Waals surface area contributed by atoms with E-state index >= 15 is 0 Å². The zero-order chi connectivity index (χ0) is 10.6. The van der Waals surface area contributed by atoms with Crippen molar-refractivity contribution in [2.75, 3.05) is 6.54 Å². The van der Waals surface area contributed by atoms with Gasteiger partial charge in [-0.3, -0.25) is 4.99 Å². The molecule has 0 saturated heterocycles. The summed E-state index contributed by atoms with van der Waals surface area (Å²) in [6.07, 6.45) is 5.39. The normalized spacial score (nSPS) is 19.2. The van der Waals surface area contributed by atoms with Crippen molar-refractivity contribution in [1.29, 1.82) is 0 Å². The van der Waals surface area contributed by atoms with E-state index in [1.54, 1.807) is 0 Å². The van der Waals surface area contributed by atoms with Gasteiger partial charge in [0.1, 0.15) is 0 Å². The molecule has 0 aromatic carbocycles. The fourth-order valence-electron chi connectivity index (χ4n) is 1.57. The zero-order valence-electron chi connectivity index (χ0n) is 9.64. The molecule has 0 aliphatic heterocycles. The third-order valence-electron chi connectivity index (χ3n) is 2.55. The molecule has 3 nitrogen and oxygen atoms in total. The van der Waals surface area contributed by atoms with Crippen LogP contribution in [0.25, 0.3) is 0 Å². The van der Waals surface area contributed by atoms with Crippen molar-refractivity contribution >= 4 is 5.96 Å². The Morgan fingerprint density at radius 2 is 2.07 bits per heavy atom. The number of hydrogen-bond donors (Lipinski definition) is 2. The maximum Gasteiger partial charge on any atom is 0.188 e. The number of guanidine groups is 1. The standard InChI is InChI=1S/C11H23N3/c1-11(2,3)14-10(12)13-8-7-9-5-4-6-9/h9H,4-8H2,1-3H3,(H3,12,13,14). The first-order valence-electron chi connectivity index (χ1n) is 5.55. The van der Waals surface area contributed by atoms with Gasteiger partial charge in [0, 0.05) is 12.1 Å². The molecule has 0 amide bonds. The molecule has 1 aliphatic rings. The minimum Gasteiger partial charge on any atom is -0.370 e. The highest BCUT2D eigenvalue weighted by Crippen LogP contribution is 2.28. The molecule has 14 heavy (non-hydrogen) atoms. The predicted molar refractivity (Wildman–Crippen MR) is 61.3 cm³/mol. The van der Waals surface area contributed by atoms with Crippen LogP contribution in [0.1, 0.15) is 46.5 Å². The van der Waals surface area contributed by atoms with Crippen LogP contribution in [0.2, 0.25) is 0 Å². The lowest BCUT2D eigenvalue weighted by molar-refractivity contribution is 0.300. The number of aliphatic imine (C=N–C) groups is 1. The Bertz CT molecular complexity index is 199. The Kier molecular flexibility index (Phi) is 3.78. The molecule has 82 valence electrons. The Balaban J connectivity index is 2.15. The van der Waals surface area contributed by atoms with Gasteiger partial charge in [-0.1, -0.05) is 19.3 Å². The smallest absolute Gasteiger partial charge is 0.188 e. The van der Waals surface area contributed by atoms with Crippen molar-refractivity contribution in [1.82, 2.24) is 5.32 Å². The second kappa shape index (κ2) is 4.67. The number of nitrogens with zero attached hydrogens (tertiary/aromatic N) is 1. The quantitative estimate of drug-likeness (QED) is 0.536. The Morgan fingerprint density at radius 1 is 1.43 bits per heavy atom. The van der Waals surface area contributed by atoms with Gasteiger partial charge in [0.25, 0.3) is 0 Å². The molecule has 1 saturated carbocycles. The summed E-state index contributed by atoms with van der Waals surface area (Å²) in [5.41, 5.74) is 5.76. The van der Waals surface area contributed by atoms with Crippen molar-refractivity contribution in [3.8, 4) is 0 Å². The number of hydrogen-bond acceptors (Lipinski definition) is 1. The van der Waals surface area contributed by atoms with Crippen molar-refractivity contribution < 1.29 is 0 Å². The third kappa shape index (κ3) is 4.49. The third-order valence-corrected chi connectivity index (χ3v) is 2.55. The lowest BCUT2D eigenvalue weighted by atomic mass is 9.83. The van der Waals surface area contributed by atoms with E-state index in [1.165, 1.54) is 25.7 Å². The minimum atomic E-state index is 0.0179. The first kappa shape index (κ1) is 11.3. The molecule has 0 heterocycles. The fourth-order valence-corrected chi connectivity index (χ4v) is 1.57. The summed E-state index contributed by atoms with van der Waals surface area (Å²) >= 11 is 0. The Hall–Kier alpha value is -0.730. The van der Waals surface area contributed by atoms with E-state index in [0.717, 1.165) is 12.5 Å². The molecule has 1 fully saturated rings. The van der Waals surface area contributed by atoms with E-state index in [1.807, 2.05) is 0 Å². The van der Waals surface area contributed by atoms with Gasteiger partial charge in [0.2, 0.25) is 0 Å². The van der Waals surface area contributed by atoms with Crippen molar-refractivity contribution in [2.45, 2.75) is 52.0 Å². The van der Waals surface area contributed by atoms with E-state index in [9.17, 15) is 0 Å². The summed E-state index contributed by atoms with van der Waals surface area (Å²) < 4.78 is 0. The molecule has 1 rings (SSSR count). The van der Waals surface area contributed by atoms with Crippen LogP contribution in [0.5, 0.6) is 0 Å². The number of rotatable bonds is 3. The SMILES string of the molecule is CC(C)(C)NC(N)=NCCC1CCC1. The summed E-state index contributed by atoms with van der Waals surface area (Å²) in [7, 11) is 0. The molecule has 0 aromatic heterocycles. The van der Waals surface area contributed by atoms with Gasteiger partial charge in [-0.05, 0) is 33.1 Å². The molecule has 0 atom stereocenters. The molecule has 0 radical (unpaired) electrons. The molecular weight excluding hydrogens is 174 g/mol. The van der Waals surface area contributed by atoms with Crippen LogP contribution in [0, 0.1) is 5.92 Å². The van der Waals surface area contributed by atoms with Crippen LogP contribution in [-0.2, 0) is 0 Å². The summed E-state index contributed by atoms with van der Waals surface area (Å²) in [6.45, 7) is 7.13. The average Bonchev–Trinajstić information content (AvgIpc) is 1.90. The monoisotopic (exact) mass is 197 g/mol. The van der Waals surface area contributed by atoms with E-state index in [-0.39, 0.29) is 5.54 Å². The highest BCUT2D eigenvalue weighted by Gasteiger charge is 2.16. The van der Waals surface area contributed by atoms with Crippen molar-refractivity contribution in [3.63, 3.8) is 0 Å². The molecular formula is C11H23N3. The van der Waals surface area contributed by atoms with Crippen LogP contribution in [0.15, 0.2) is 4.99 Å². The number of nitrogens with one attached hydrogen (secondary N) is 1. The van der Waals surface area contributed by atoms with Gasteiger partial charge in [-0.25, -0.2) is 0 Å². The van der Waals surface area contributed by atoms with Crippen LogP contribution >= 0.6 is 0 Å². The Labute approximate surface area is 87.2 Å². The van der Waals surface area contributed by atoms with Crippen LogP contribution in [0.4, 0.5) is 0 Å². The van der Waals surface area contributed by atoms with Crippen molar-refractivity contribution in [3.05, 3.63) is 0 Å². The van der Waals surface area contributed by atoms with Crippen LogP contribution in [0.3, 0.4) is 0 Å². The highest BCUT2D eigenvalue weighted by molar-refractivity contribution is 5.78. The minimum absolute atomic E-state index is 0.0179. The lowest BCUT2D eigenvalue weighted by Gasteiger charge is -2.25. The maximum absolute atomic E-state index is 5.74. The molecule has 0 bridgehead atoms. The summed E-state index contributed by atoms with van der Waals surface area (Å²) in [6, 6.07) is 0. The molecule has 3 heteroatoms. The Morgan fingerprint density at radius 3 is 2.50 bits per heavy atom. The first-order valence-corrected chi connectivity index (χ1v) is 5.55. The maximum atomic E-state index is 5.74. The van der Waals surface area contributed by atoms with Gasteiger partial charge in [-0.2, -0.15) is 0 Å². The van der Waals surface area contributed by atoms with Gasteiger partial charge in [0.05, 0.1) is 0 Å². The topological polar surface area (TPSA) is 50.4 Å². The lowest BCUT2D eigenvalue weighted by Crippen LogP contribution is -2.45. The zero-order valence-corrected chi connectivity index (χ0v) is 9.64. The van der Waals surface area contributed by atoms with Crippen LogP contribution < -0.4 is 11.1 Å². The molecule has 0 unspecified atom stereocenters. The number of nitrogens with two attached hydrogens (primary N) is 1. The molecule has 0 spiro atoms. The predicted octanol–water partition coefficient (Wildman–Crippen LogP) is 1.88. The van der Waals surface area contributed by atoms with E-state index < -0.39 is 0 Å². The van der Waals surface area contributed by atoms with Gasteiger partial charge >= 0.3 is 0 Å². The van der Waals surface area contributed by atoms with Gasteiger partial charge in [-0.15, -0.1) is 0 Å². The summed E-state index contributed by atoms with van der Waals surface area (Å²) in [5.74, 6) is 1.50. The van der Waals surface area contributed by atoms with Gasteiger partial charge in [0.15, 0.2) is 5.96 Å². The van der Waals surface area contributed by atoms with E-state index in [4.69, 9.17) is 5.73 Å². The summed E-state index contributed by atoms with van der Waals surface area (Å²) in [5, 5.41) is 3.16. The highest BCUT2D eigenvalue weighted by atomic mass is 15.1. The van der Waals surface area contributed by atoms with Crippen molar-refractivity contribution in [2.24, 2.45) is 16.6 Å². The van der Waals surface area contributed by atoms with E-state index in [2.05, 4.69) is 31.1 Å². The fraction of sp³-hybridized carbons (Fsp3) is 0.909. The average molecular weight is 197 g/mol. The largest absolute Gasteiger partial charge is 0.370 e.